The Hall–Kier alpha value is 0.310. The van der Waals surface area contributed by atoms with Crippen molar-refractivity contribution < 1.29 is 5.11 Å². The summed E-state index contributed by atoms with van der Waals surface area (Å²) in [6.45, 7) is 11.0. The zero-order chi connectivity index (χ0) is 11.2. The first-order valence-electron chi connectivity index (χ1n) is 5.67. The van der Waals surface area contributed by atoms with Crippen molar-refractivity contribution >= 4 is 11.8 Å². The molecule has 1 N–H and O–H groups in total. The van der Waals surface area contributed by atoms with Crippen molar-refractivity contribution in [3.8, 4) is 0 Å². The maximum Gasteiger partial charge on any atom is 0.0633 e. The molecule has 0 radical (unpaired) electrons. The van der Waals surface area contributed by atoms with Gasteiger partial charge in [-0.1, -0.05) is 47.5 Å². The van der Waals surface area contributed by atoms with Crippen LogP contribution in [0.2, 0.25) is 0 Å². The molecule has 0 aromatic rings. The van der Waals surface area contributed by atoms with Crippen molar-refractivity contribution in [3.05, 3.63) is 0 Å². The van der Waals surface area contributed by atoms with Crippen LogP contribution in [0.1, 0.15) is 53.9 Å². The second kappa shape index (κ2) is 6.73. The van der Waals surface area contributed by atoms with Gasteiger partial charge in [-0.15, -0.1) is 0 Å². The van der Waals surface area contributed by atoms with E-state index in [2.05, 4.69) is 34.6 Å². The van der Waals surface area contributed by atoms with Gasteiger partial charge in [0.05, 0.1) is 6.10 Å². The Morgan fingerprint density at radius 1 is 1.29 bits per heavy atom. The Morgan fingerprint density at radius 3 is 2.29 bits per heavy atom. The average molecular weight is 218 g/mol. The number of rotatable bonds is 6. The van der Waals surface area contributed by atoms with Crippen molar-refractivity contribution in [1.29, 1.82) is 0 Å². The monoisotopic (exact) mass is 218 g/mol. The molecule has 14 heavy (non-hydrogen) atoms. The van der Waals surface area contributed by atoms with Gasteiger partial charge in [0, 0.05) is 10.5 Å². The topological polar surface area (TPSA) is 20.2 Å². The molecular formula is C12H26OS. The molecule has 2 atom stereocenters. The first-order valence-corrected chi connectivity index (χ1v) is 6.65. The Balaban J connectivity index is 3.59. The maximum atomic E-state index is 9.79. The van der Waals surface area contributed by atoms with E-state index in [1.807, 2.05) is 11.8 Å². The van der Waals surface area contributed by atoms with Crippen molar-refractivity contribution in [1.82, 2.24) is 0 Å². The van der Waals surface area contributed by atoms with Gasteiger partial charge in [-0.3, -0.25) is 0 Å². The molecule has 0 aliphatic rings. The third-order valence-electron chi connectivity index (χ3n) is 2.16. The highest BCUT2D eigenvalue weighted by Crippen LogP contribution is 2.25. The molecule has 0 spiro atoms. The lowest BCUT2D eigenvalue weighted by molar-refractivity contribution is 0.165. The van der Waals surface area contributed by atoms with Crippen LogP contribution in [0, 0.1) is 5.92 Å². The summed E-state index contributed by atoms with van der Waals surface area (Å²) >= 11 is 1.85. The molecule has 86 valence electrons. The zero-order valence-electron chi connectivity index (χ0n) is 10.3. The van der Waals surface area contributed by atoms with Crippen LogP contribution in [0.4, 0.5) is 0 Å². The molecule has 0 rings (SSSR count). The molecule has 0 aliphatic heterocycles. The molecule has 0 bridgehead atoms. The summed E-state index contributed by atoms with van der Waals surface area (Å²) < 4.78 is 0.273. The smallest absolute Gasteiger partial charge is 0.0633 e. The van der Waals surface area contributed by atoms with E-state index in [4.69, 9.17) is 0 Å². The highest BCUT2D eigenvalue weighted by atomic mass is 32.2. The van der Waals surface area contributed by atoms with Crippen LogP contribution in [0.5, 0.6) is 0 Å². The molecule has 2 unspecified atom stereocenters. The van der Waals surface area contributed by atoms with E-state index < -0.39 is 0 Å². The van der Waals surface area contributed by atoms with Gasteiger partial charge in [-0.05, 0) is 12.3 Å². The van der Waals surface area contributed by atoms with E-state index in [1.165, 1.54) is 12.8 Å². The highest BCUT2D eigenvalue weighted by molar-refractivity contribution is 8.00. The molecule has 0 fully saturated rings. The summed E-state index contributed by atoms with van der Waals surface area (Å²) in [5.41, 5.74) is 0. The van der Waals surface area contributed by atoms with Crippen LogP contribution in [0.25, 0.3) is 0 Å². The van der Waals surface area contributed by atoms with Gasteiger partial charge in [0.2, 0.25) is 0 Å². The fourth-order valence-electron chi connectivity index (χ4n) is 1.49. The quantitative estimate of drug-likeness (QED) is 0.733. The van der Waals surface area contributed by atoms with Crippen LogP contribution in [0.15, 0.2) is 0 Å². The van der Waals surface area contributed by atoms with Crippen LogP contribution < -0.4 is 0 Å². The molecule has 0 amide bonds. The van der Waals surface area contributed by atoms with Gasteiger partial charge in [0.15, 0.2) is 0 Å². The predicted octanol–water partition coefficient (Wildman–Crippen LogP) is 3.71. The Labute approximate surface area is 93.7 Å². The van der Waals surface area contributed by atoms with E-state index in [0.29, 0.717) is 5.92 Å². The van der Waals surface area contributed by atoms with E-state index in [9.17, 15) is 5.11 Å². The standard InChI is InChI=1S/C12H26OS/c1-6-7-10(2)8-11(13)9-14-12(3,4)5/h10-11,13H,6-9H2,1-5H3. The van der Waals surface area contributed by atoms with Gasteiger partial charge in [-0.2, -0.15) is 11.8 Å². The fraction of sp³-hybridized carbons (Fsp3) is 1.00. The first kappa shape index (κ1) is 14.3. The summed E-state index contributed by atoms with van der Waals surface area (Å²) in [5, 5.41) is 9.79. The number of hydrogen-bond donors (Lipinski definition) is 1. The van der Waals surface area contributed by atoms with Gasteiger partial charge < -0.3 is 5.11 Å². The van der Waals surface area contributed by atoms with Crippen LogP contribution in [0.3, 0.4) is 0 Å². The Kier molecular flexibility index (Phi) is 6.88. The minimum Gasteiger partial charge on any atom is -0.392 e. The Bertz CT molecular complexity index is 140. The predicted molar refractivity (Wildman–Crippen MR) is 66.9 cm³/mol. The highest BCUT2D eigenvalue weighted by Gasteiger charge is 2.15. The molecule has 0 aliphatic carbocycles. The van der Waals surface area contributed by atoms with Crippen LogP contribution >= 0.6 is 11.8 Å². The molecule has 0 aromatic heterocycles. The number of aliphatic hydroxyl groups excluding tert-OH is 1. The molecule has 2 heteroatoms. The lowest BCUT2D eigenvalue weighted by Crippen LogP contribution is -2.19. The third kappa shape index (κ3) is 8.89. The third-order valence-corrected chi connectivity index (χ3v) is 3.58. The number of hydrogen-bond acceptors (Lipinski definition) is 2. The summed E-state index contributed by atoms with van der Waals surface area (Å²) in [7, 11) is 0. The minimum absolute atomic E-state index is 0.124. The van der Waals surface area contributed by atoms with Crippen LogP contribution in [-0.4, -0.2) is 21.7 Å². The van der Waals surface area contributed by atoms with E-state index in [-0.39, 0.29) is 10.9 Å². The molecule has 0 aromatic carbocycles. The fourth-order valence-corrected chi connectivity index (χ4v) is 2.32. The van der Waals surface area contributed by atoms with Gasteiger partial charge in [-0.25, -0.2) is 0 Å². The molecule has 0 heterocycles. The molecule has 0 saturated carbocycles. The second-order valence-electron chi connectivity index (χ2n) is 5.21. The van der Waals surface area contributed by atoms with Crippen LogP contribution in [-0.2, 0) is 0 Å². The number of aliphatic hydroxyl groups is 1. The average Bonchev–Trinajstić information content (AvgIpc) is 2.00. The summed E-state index contributed by atoms with van der Waals surface area (Å²) in [5.74, 6) is 1.54. The minimum atomic E-state index is -0.124. The van der Waals surface area contributed by atoms with Gasteiger partial charge in [0.25, 0.3) is 0 Å². The van der Waals surface area contributed by atoms with Crippen molar-refractivity contribution in [2.24, 2.45) is 5.92 Å². The Morgan fingerprint density at radius 2 is 1.86 bits per heavy atom. The largest absolute Gasteiger partial charge is 0.392 e. The molecule has 1 nitrogen and oxygen atoms in total. The lowest BCUT2D eigenvalue weighted by atomic mass is 9.99. The van der Waals surface area contributed by atoms with E-state index in [1.54, 1.807) is 0 Å². The zero-order valence-corrected chi connectivity index (χ0v) is 11.2. The normalized spacial score (nSPS) is 16.7. The lowest BCUT2D eigenvalue weighted by Gasteiger charge is -2.21. The van der Waals surface area contributed by atoms with Crippen molar-refractivity contribution in [2.75, 3.05) is 5.75 Å². The first-order chi connectivity index (χ1) is 6.35. The number of thioether (sulfide) groups is 1. The SMILES string of the molecule is CCCC(C)CC(O)CSC(C)(C)C. The summed E-state index contributed by atoms with van der Waals surface area (Å²) in [6.07, 6.45) is 3.29. The van der Waals surface area contributed by atoms with Crippen molar-refractivity contribution in [2.45, 2.75) is 64.7 Å². The van der Waals surface area contributed by atoms with E-state index in [0.717, 1.165) is 12.2 Å². The van der Waals surface area contributed by atoms with E-state index >= 15 is 0 Å². The van der Waals surface area contributed by atoms with Gasteiger partial charge >= 0.3 is 0 Å². The van der Waals surface area contributed by atoms with Gasteiger partial charge in [0.1, 0.15) is 0 Å². The molecular weight excluding hydrogens is 192 g/mol. The summed E-state index contributed by atoms with van der Waals surface area (Å²) in [6, 6.07) is 0. The van der Waals surface area contributed by atoms with Crippen molar-refractivity contribution in [3.63, 3.8) is 0 Å². The summed E-state index contributed by atoms with van der Waals surface area (Å²) in [4.78, 5) is 0. The second-order valence-corrected chi connectivity index (χ2v) is 7.05. The maximum absolute atomic E-state index is 9.79. The molecule has 0 saturated heterocycles.